The molecule has 0 aliphatic heterocycles. The summed E-state index contributed by atoms with van der Waals surface area (Å²) in [7, 11) is 0. The van der Waals surface area contributed by atoms with Crippen molar-refractivity contribution in [3.8, 4) is 0 Å². The summed E-state index contributed by atoms with van der Waals surface area (Å²) in [6.45, 7) is 2.59. The fourth-order valence-corrected chi connectivity index (χ4v) is 3.72. The highest BCUT2D eigenvalue weighted by Crippen LogP contribution is 2.43. The van der Waals surface area contributed by atoms with Crippen LogP contribution in [-0.4, -0.2) is 15.3 Å². The lowest BCUT2D eigenvalue weighted by Crippen LogP contribution is -2.32. The van der Waals surface area contributed by atoms with Crippen LogP contribution in [0.15, 0.2) is 36.7 Å². The number of fused-ring (bicyclic) bond motifs is 3. The van der Waals surface area contributed by atoms with Gasteiger partial charge in [-0.1, -0.05) is 18.2 Å². The van der Waals surface area contributed by atoms with Crippen LogP contribution in [-0.2, 0) is 11.3 Å². The van der Waals surface area contributed by atoms with Crippen molar-refractivity contribution in [1.82, 2.24) is 14.7 Å². The number of pyridine rings is 1. The standard InChI is InChI=1S/C17H19N3O/c1-11-3-2-6-20-14(9-18-16(11)20)10-19-17(21)15-8-12-4-5-13(15)7-12/h2-6,9,12-13,15H,7-8,10H2,1H3,(H,19,21)/t12-,13+,15+/m1/s1. The van der Waals surface area contributed by atoms with E-state index in [9.17, 15) is 4.79 Å². The first-order valence-electron chi connectivity index (χ1n) is 7.60. The van der Waals surface area contributed by atoms with E-state index in [1.54, 1.807) is 0 Å². The van der Waals surface area contributed by atoms with E-state index in [2.05, 4.69) is 26.9 Å². The summed E-state index contributed by atoms with van der Waals surface area (Å²) in [5, 5.41) is 3.09. The lowest BCUT2D eigenvalue weighted by atomic mass is 9.93. The van der Waals surface area contributed by atoms with Gasteiger partial charge in [-0.2, -0.15) is 0 Å². The lowest BCUT2D eigenvalue weighted by molar-refractivity contribution is -0.125. The zero-order valence-corrected chi connectivity index (χ0v) is 12.1. The minimum atomic E-state index is 0.168. The minimum absolute atomic E-state index is 0.168. The number of imidazole rings is 1. The average molecular weight is 281 g/mol. The van der Waals surface area contributed by atoms with E-state index in [0.717, 1.165) is 29.7 Å². The molecule has 2 bridgehead atoms. The van der Waals surface area contributed by atoms with Crippen LogP contribution in [0, 0.1) is 24.7 Å². The molecular formula is C17H19N3O. The fraction of sp³-hybridized carbons (Fsp3) is 0.412. The number of nitrogens with one attached hydrogen (secondary N) is 1. The van der Waals surface area contributed by atoms with Gasteiger partial charge in [-0.15, -0.1) is 0 Å². The molecule has 2 aliphatic rings. The summed E-state index contributed by atoms with van der Waals surface area (Å²) >= 11 is 0. The maximum absolute atomic E-state index is 12.4. The normalized spacial score (nSPS) is 26.6. The van der Waals surface area contributed by atoms with E-state index in [4.69, 9.17) is 0 Å². The monoisotopic (exact) mass is 281 g/mol. The van der Waals surface area contributed by atoms with Crippen LogP contribution >= 0.6 is 0 Å². The summed E-state index contributed by atoms with van der Waals surface area (Å²) in [5.74, 6) is 1.44. The molecule has 4 nitrogen and oxygen atoms in total. The van der Waals surface area contributed by atoms with E-state index in [0.29, 0.717) is 18.4 Å². The van der Waals surface area contributed by atoms with Crippen LogP contribution in [0.5, 0.6) is 0 Å². The molecule has 108 valence electrons. The van der Waals surface area contributed by atoms with Crippen LogP contribution in [0.2, 0.25) is 0 Å². The first kappa shape index (κ1) is 12.6. The van der Waals surface area contributed by atoms with Crippen molar-refractivity contribution >= 4 is 11.6 Å². The number of hydrogen-bond donors (Lipinski definition) is 1. The number of rotatable bonds is 3. The topological polar surface area (TPSA) is 46.4 Å². The van der Waals surface area contributed by atoms with E-state index >= 15 is 0 Å². The summed E-state index contributed by atoms with van der Waals surface area (Å²) in [5.41, 5.74) is 3.14. The van der Waals surface area contributed by atoms with Gasteiger partial charge in [0, 0.05) is 12.1 Å². The summed E-state index contributed by atoms with van der Waals surface area (Å²) < 4.78 is 2.05. The second-order valence-electron chi connectivity index (χ2n) is 6.24. The van der Waals surface area contributed by atoms with Gasteiger partial charge in [0.1, 0.15) is 5.65 Å². The van der Waals surface area contributed by atoms with Gasteiger partial charge < -0.3 is 9.72 Å². The Morgan fingerprint density at radius 1 is 1.43 bits per heavy atom. The highest BCUT2D eigenvalue weighted by molar-refractivity contribution is 5.80. The van der Waals surface area contributed by atoms with Gasteiger partial charge in [0.25, 0.3) is 0 Å². The van der Waals surface area contributed by atoms with Crippen LogP contribution in [0.4, 0.5) is 0 Å². The molecule has 0 aromatic carbocycles. The van der Waals surface area contributed by atoms with Crippen molar-refractivity contribution in [2.45, 2.75) is 26.3 Å². The molecule has 3 atom stereocenters. The van der Waals surface area contributed by atoms with Gasteiger partial charge in [-0.05, 0) is 43.2 Å². The predicted octanol–water partition coefficient (Wildman–Crippen LogP) is 2.47. The van der Waals surface area contributed by atoms with Crippen LogP contribution in [0.3, 0.4) is 0 Å². The van der Waals surface area contributed by atoms with Crippen molar-refractivity contribution in [3.05, 3.63) is 47.9 Å². The first-order chi connectivity index (χ1) is 10.2. The molecule has 2 heterocycles. The zero-order valence-electron chi connectivity index (χ0n) is 12.1. The van der Waals surface area contributed by atoms with Crippen molar-refractivity contribution in [2.75, 3.05) is 0 Å². The quantitative estimate of drug-likeness (QED) is 0.879. The molecule has 0 radical (unpaired) electrons. The zero-order chi connectivity index (χ0) is 14.4. The summed E-state index contributed by atoms with van der Waals surface area (Å²) in [6, 6.07) is 4.06. The van der Waals surface area contributed by atoms with Crippen molar-refractivity contribution in [2.24, 2.45) is 17.8 Å². The first-order valence-corrected chi connectivity index (χ1v) is 7.60. The number of aryl methyl sites for hydroxylation is 1. The van der Waals surface area contributed by atoms with E-state index in [1.165, 1.54) is 0 Å². The minimum Gasteiger partial charge on any atom is -0.350 e. The van der Waals surface area contributed by atoms with Gasteiger partial charge >= 0.3 is 0 Å². The number of carbonyl (C=O) groups excluding carboxylic acids is 1. The molecule has 1 fully saturated rings. The van der Waals surface area contributed by atoms with Crippen molar-refractivity contribution in [3.63, 3.8) is 0 Å². The molecule has 1 saturated carbocycles. The van der Waals surface area contributed by atoms with Gasteiger partial charge in [0.2, 0.25) is 5.91 Å². The third-order valence-electron chi connectivity index (χ3n) is 4.87. The summed E-state index contributed by atoms with van der Waals surface area (Å²) in [4.78, 5) is 16.8. The van der Waals surface area contributed by atoms with Gasteiger partial charge in [0.15, 0.2) is 0 Å². The Morgan fingerprint density at radius 2 is 2.33 bits per heavy atom. The largest absolute Gasteiger partial charge is 0.350 e. The Balaban J connectivity index is 1.47. The molecule has 0 unspecified atom stereocenters. The smallest absolute Gasteiger partial charge is 0.224 e. The number of allylic oxidation sites excluding steroid dienone is 2. The average Bonchev–Trinajstić information content (AvgIpc) is 3.20. The van der Waals surface area contributed by atoms with E-state index < -0.39 is 0 Å². The third-order valence-corrected chi connectivity index (χ3v) is 4.87. The molecular weight excluding hydrogens is 262 g/mol. The SMILES string of the molecule is Cc1cccn2c(CNC(=O)[C@H]3C[C@@H]4C=C[C@H]3C4)cnc12. The number of carbonyl (C=O) groups is 1. The Morgan fingerprint density at radius 3 is 3.10 bits per heavy atom. The number of nitrogens with zero attached hydrogens (tertiary/aromatic N) is 2. The van der Waals surface area contributed by atoms with E-state index in [1.807, 2.05) is 31.5 Å². The predicted molar refractivity (Wildman–Crippen MR) is 80.6 cm³/mol. The molecule has 0 saturated heterocycles. The summed E-state index contributed by atoms with van der Waals surface area (Å²) in [6.07, 6.45) is 10.5. The maximum Gasteiger partial charge on any atom is 0.224 e. The lowest BCUT2D eigenvalue weighted by Gasteiger charge is -2.17. The second kappa shape index (κ2) is 4.72. The van der Waals surface area contributed by atoms with Crippen LogP contribution in [0.25, 0.3) is 5.65 Å². The Labute approximate surface area is 123 Å². The van der Waals surface area contributed by atoms with Crippen LogP contribution < -0.4 is 5.32 Å². The number of aromatic nitrogens is 2. The number of hydrogen-bond acceptors (Lipinski definition) is 2. The van der Waals surface area contributed by atoms with Crippen LogP contribution in [0.1, 0.15) is 24.1 Å². The van der Waals surface area contributed by atoms with Crippen molar-refractivity contribution in [1.29, 1.82) is 0 Å². The third kappa shape index (κ3) is 2.06. The molecule has 2 aromatic rings. The molecule has 0 spiro atoms. The molecule has 2 aliphatic carbocycles. The highest BCUT2D eigenvalue weighted by Gasteiger charge is 2.39. The molecule has 21 heavy (non-hydrogen) atoms. The Bertz CT molecular complexity index is 731. The van der Waals surface area contributed by atoms with Crippen molar-refractivity contribution < 1.29 is 4.79 Å². The maximum atomic E-state index is 12.4. The fourth-order valence-electron chi connectivity index (χ4n) is 3.72. The molecule has 4 heteroatoms. The number of amides is 1. The van der Waals surface area contributed by atoms with Gasteiger partial charge in [-0.25, -0.2) is 4.98 Å². The van der Waals surface area contributed by atoms with Gasteiger partial charge in [0.05, 0.1) is 18.4 Å². The second-order valence-corrected chi connectivity index (χ2v) is 6.24. The Hall–Kier alpha value is -2.10. The molecule has 4 rings (SSSR count). The van der Waals surface area contributed by atoms with E-state index in [-0.39, 0.29) is 11.8 Å². The molecule has 1 amide bonds. The molecule has 2 aromatic heterocycles. The molecule has 1 N–H and O–H groups in total. The van der Waals surface area contributed by atoms with Gasteiger partial charge in [-0.3, -0.25) is 4.79 Å². The highest BCUT2D eigenvalue weighted by atomic mass is 16.1. The Kier molecular flexibility index (Phi) is 2.84.